The average molecular weight is 262 g/mol. The van der Waals surface area contributed by atoms with Crippen LogP contribution in [0.3, 0.4) is 0 Å². The van der Waals surface area contributed by atoms with Crippen molar-refractivity contribution in [2.45, 2.75) is 39.7 Å². The number of aryl methyl sites for hydroxylation is 1. The number of carboxylic acid groups (broad SMARTS) is 1. The van der Waals surface area contributed by atoms with Gasteiger partial charge in [0, 0.05) is 25.0 Å². The molecule has 19 heavy (non-hydrogen) atoms. The molecule has 2 rings (SSSR count). The van der Waals surface area contributed by atoms with Crippen LogP contribution >= 0.6 is 0 Å². The second-order valence-electron chi connectivity index (χ2n) is 5.60. The monoisotopic (exact) mass is 262 g/mol. The van der Waals surface area contributed by atoms with Gasteiger partial charge in [-0.3, -0.25) is 14.7 Å². The van der Waals surface area contributed by atoms with E-state index < -0.39 is 11.4 Å². The lowest BCUT2D eigenvalue weighted by Crippen LogP contribution is -2.34. The van der Waals surface area contributed by atoms with Crippen LogP contribution in [0.4, 0.5) is 0 Å². The molecule has 1 N–H and O–H groups in total. The summed E-state index contributed by atoms with van der Waals surface area (Å²) in [4.78, 5) is 18.0. The summed E-state index contributed by atoms with van der Waals surface area (Å²) in [6.45, 7) is 6.34. The van der Waals surface area contributed by atoms with Crippen LogP contribution in [0.5, 0.6) is 0 Å². The van der Waals surface area contributed by atoms with Gasteiger partial charge < -0.3 is 5.11 Å². The summed E-state index contributed by atoms with van der Waals surface area (Å²) in [7, 11) is 0. The summed E-state index contributed by atoms with van der Waals surface area (Å²) < 4.78 is 0. The minimum Gasteiger partial charge on any atom is -0.481 e. The minimum absolute atomic E-state index is 0.535. The maximum atomic E-state index is 11.5. The van der Waals surface area contributed by atoms with Gasteiger partial charge >= 0.3 is 5.97 Å². The van der Waals surface area contributed by atoms with E-state index in [4.69, 9.17) is 0 Å². The van der Waals surface area contributed by atoms with Gasteiger partial charge in [0.15, 0.2) is 0 Å². The third-order valence-electron chi connectivity index (χ3n) is 3.99. The highest BCUT2D eigenvalue weighted by Gasteiger charge is 2.43. The molecule has 1 aromatic heterocycles. The van der Waals surface area contributed by atoms with Crippen LogP contribution in [-0.4, -0.2) is 34.0 Å². The number of pyridine rings is 1. The molecule has 1 fully saturated rings. The first-order chi connectivity index (χ1) is 9.05. The van der Waals surface area contributed by atoms with Gasteiger partial charge in [0.2, 0.25) is 0 Å². The Labute approximate surface area is 114 Å². The van der Waals surface area contributed by atoms with Crippen molar-refractivity contribution in [3.8, 4) is 0 Å². The van der Waals surface area contributed by atoms with Gasteiger partial charge in [-0.25, -0.2) is 0 Å². The highest BCUT2D eigenvalue weighted by atomic mass is 16.4. The molecule has 1 aliphatic heterocycles. The van der Waals surface area contributed by atoms with Crippen molar-refractivity contribution in [1.82, 2.24) is 9.88 Å². The number of carboxylic acids is 1. The molecule has 2 heterocycles. The van der Waals surface area contributed by atoms with E-state index in [-0.39, 0.29) is 0 Å². The first-order valence-corrected chi connectivity index (χ1v) is 6.93. The fourth-order valence-electron chi connectivity index (χ4n) is 2.91. The van der Waals surface area contributed by atoms with Gasteiger partial charge in [-0.15, -0.1) is 0 Å². The number of aromatic nitrogens is 1. The number of likely N-dealkylation sites (tertiary alicyclic amines) is 1. The van der Waals surface area contributed by atoms with Crippen molar-refractivity contribution in [1.29, 1.82) is 0 Å². The largest absolute Gasteiger partial charge is 0.481 e. The quantitative estimate of drug-likeness (QED) is 0.885. The molecule has 1 atom stereocenters. The van der Waals surface area contributed by atoms with Crippen LogP contribution in [0.25, 0.3) is 0 Å². The lowest BCUT2D eigenvalue weighted by Gasteiger charge is -2.24. The zero-order valence-electron chi connectivity index (χ0n) is 11.7. The zero-order valence-corrected chi connectivity index (χ0v) is 11.7. The molecule has 1 unspecified atom stereocenters. The third-order valence-corrected chi connectivity index (χ3v) is 3.99. The number of rotatable bonds is 5. The topological polar surface area (TPSA) is 53.4 Å². The molecule has 0 spiro atoms. The van der Waals surface area contributed by atoms with Gasteiger partial charge in [-0.2, -0.15) is 0 Å². The van der Waals surface area contributed by atoms with Crippen molar-refractivity contribution >= 4 is 5.97 Å². The predicted molar refractivity (Wildman–Crippen MR) is 73.8 cm³/mol. The van der Waals surface area contributed by atoms with E-state index in [9.17, 15) is 9.90 Å². The molecule has 1 aliphatic rings. The van der Waals surface area contributed by atoms with Gasteiger partial charge in [0.05, 0.1) is 5.41 Å². The molecule has 0 radical (unpaired) electrons. The molecule has 4 heteroatoms. The fourth-order valence-corrected chi connectivity index (χ4v) is 2.91. The lowest BCUT2D eigenvalue weighted by atomic mass is 9.83. The molecule has 0 bridgehead atoms. The molecule has 0 aromatic carbocycles. The Morgan fingerprint density at radius 1 is 1.53 bits per heavy atom. The maximum Gasteiger partial charge on any atom is 0.310 e. The van der Waals surface area contributed by atoms with Crippen molar-refractivity contribution < 1.29 is 9.90 Å². The second kappa shape index (κ2) is 5.70. The number of aliphatic carboxylic acids is 1. The maximum absolute atomic E-state index is 11.5. The number of carbonyl (C=O) groups is 1. The summed E-state index contributed by atoms with van der Waals surface area (Å²) >= 11 is 0. The summed E-state index contributed by atoms with van der Waals surface area (Å²) in [5, 5.41) is 9.48. The zero-order chi connectivity index (χ0) is 13.9. The number of hydrogen-bond donors (Lipinski definition) is 1. The van der Waals surface area contributed by atoms with Crippen LogP contribution in [0.1, 0.15) is 37.4 Å². The third kappa shape index (κ3) is 3.13. The normalized spacial score (nSPS) is 23.7. The molecule has 0 amide bonds. The summed E-state index contributed by atoms with van der Waals surface area (Å²) in [5.74, 6) is -0.640. The van der Waals surface area contributed by atoms with Crippen molar-refractivity contribution in [2.24, 2.45) is 5.41 Å². The van der Waals surface area contributed by atoms with E-state index in [0.717, 1.165) is 43.6 Å². The van der Waals surface area contributed by atoms with Crippen LogP contribution in [0, 0.1) is 12.3 Å². The fraction of sp³-hybridized carbons (Fsp3) is 0.600. The van der Waals surface area contributed by atoms with Gasteiger partial charge in [-0.05, 0) is 37.9 Å². The summed E-state index contributed by atoms with van der Waals surface area (Å²) in [5.41, 5.74) is 1.63. The first kappa shape index (κ1) is 14.0. The molecular weight excluding hydrogens is 240 g/mol. The van der Waals surface area contributed by atoms with Crippen LogP contribution in [0.15, 0.2) is 18.3 Å². The van der Waals surface area contributed by atoms with Crippen molar-refractivity contribution in [3.63, 3.8) is 0 Å². The van der Waals surface area contributed by atoms with E-state index in [2.05, 4.69) is 22.9 Å². The predicted octanol–water partition coefficient (Wildman–Crippen LogP) is 2.47. The second-order valence-corrected chi connectivity index (χ2v) is 5.60. The van der Waals surface area contributed by atoms with Gasteiger partial charge in [-0.1, -0.05) is 19.4 Å². The van der Waals surface area contributed by atoms with Crippen LogP contribution in [-0.2, 0) is 11.3 Å². The van der Waals surface area contributed by atoms with Crippen LogP contribution < -0.4 is 0 Å². The Hall–Kier alpha value is -1.42. The summed E-state index contributed by atoms with van der Waals surface area (Å²) in [6, 6.07) is 4.07. The Balaban J connectivity index is 2.01. The number of nitrogens with zero attached hydrogens (tertiary/aromatic N) is 2. The highest BCUT2D eigenvalue weighted by Crippen LogP contribution is 2.36. The smallest absolute Gasteiger partial charge is 0.310 e. The molecule has 0 saturated carbocycles. The van der Waals surface area contributed by atoms with Crippen molar-refractivity contribution in [2.75, 3.05) is 13.1 Å². The van der Waals surface area contributed by atoms with Crippen molar-refractivity contribution in [3.05, 3.63) is 29.6 Å². The molecule has 0 aliphatic carbocycles. The Morgan fingerprint density at radius 3 is 2.89 bits per heavy atom. The highest BCUT2D eigenvalue weighted by molar-refractivity contribution is 5.75. The Bertz CT molecular complexity index is 444. The standard InChI is InChI=1S/C15H22N2O2/c1-3-6-15(14(18)19)7-8-17(11-15)10-13-5-4-12(2)16-9-13/h4-5,9H,3,6-8,10-11H2,1-2H3,(H,18,19). The Kier molecular flexibility index (Phi) is 4.20. The van der Waals surface area contributed by atoms with E-state index in [1.165, 1.54) is 0 Å². The Morgan fingerprint density at radius 2 is 2.32 bits per heavy atom. The first-order valence-electron chi connectivity index (χ1n) is 6.93. The van der Waals surface area contributed by atoms with E-state index in [1.807, 2.05) is 19.2 Å². The summed E-state index contributed by atoms with van der Waals surface area (Å²) in [6.07, 6.45) is 4.34. The minimum atomic E-state index is -0.640. The molecule has 1 aromatic rings. The SMILES string of the molecule is CCCC1(C(=O)O)CCN(Cc2ccc(C)nc2)C1. The average Bonchev–Trinajstić information content (AvgIpc) is 2.77. The van der Waals surface area contributed by atoms with Gasteiger partial charge in [0.25, 0.3) is 0 Å². The van der Waals surface area contributed by atoms with E-state index >= 15 is 0 Å². The van der Waals surface area contributed by atoms with E-state index in [0.29, 0.717) is 6.54 Å². The van der Waals surface area contributed by atoms with Gasteiger partial charge in [0.1, 0.15) is 0 Å². The molecule has 104 valence electrons. The molecule has 1 saturated heterocycles. The number of hydrogen-bond acceptors (Lipinski definition) is 3. The lowest BCUT2D eigenvalue weighted by molar-refractivity contribution is -0.148. The van der Waals surface area contributed by atoms with E-state index in [1.54, 1.807) is 0 Å². The molecular formula is C15H22N2O2. The van der Waals surface area contributed by atoms with Crippen LogP contribution in [0.2, 0.25) is 0 Å². The molecule has 4 nitrogen and oxygen atoms in total.